The highest BCUT2D eigenvalue weighted by atomic mass is 16.6. The van der Waals surface area contributed by atoms with Crippen molar-refractivity contribution in [2.75, 3.05) is 14.2 Å². The number of carbonyl (C=O) groups excluding carboxylic acids is 5. The van der Waals surface area contributed by atoms with E-state index >= 15 is 0 Å². The van der Waals surface area contributed by atoms with Crippen LogP contribution in [0.1, 0.15) is 50.9 Å². The van der Waals surface area contributed by atoms with Crippen LogP contribution in [0.3, 0.4) is 0 Å². The Morgan fingerprint density at radius 3 is 2.31 bits per heavy atom. The summed E-state index contributed by atoms with van der Waals surface area (Å²) in [7, 11) is 2.84. The molecule has 2 bridgehead atoms. The molecule has 2 aliphatic rings. The van der Waals surface area contributed by atoms with Crippen molar-refractivity contribution in [2.45, 2.75) is 65.0 Å². The summed E-state index contributed by atoms with van der Waals surface area (Å²) in [6.07, 6.45) is 2.80. The van der Waals surface area contributed by atoms with Gasteiger partial charge in [-0.3, -0.25) is 19.2 Å². The lowest BCUT2D eigenvalue weighted by atomic mass is 9.85. The number of methoxy groups -OCH3 is 2. The van der Waals surface area contributed by atoms with Gasteiger partial charge in [-0.25, -0.2) is 4.79 Å². The molecular weight excluding hydrogens is 622 g/mol. The van der Waals surface area contributed by atoms with E-state index in [1.165, 1.54) is 57.6 Å². The van der Waals surface area contributed by atoms with Crippen LogP contribution in [0.5, 0.6) is 5.75 Å². The molecule has 0 fully saturated rings. The maximum atomic E-state index is 13.8. The molecule has 0 spiro atoms. The molecule has 1 aromatic carbocycles. The Labute approximate surface area is 279 Å². The minimum absolute atomic E-state index is 0.0135. The highest BCUT2D eigenvalue weighted by molar-refractivity contribution is 6.24. The molecule has 0 saturated carbocycles. The van der Waals surface area contributed by atoms with Crippen LogP contribution in [0.15, 0.2) is 82.8 Å². The van der Waals surface area contributed by atoms with Crippen LogP contribution in [-0.2, 0) is 28.6 Å². The number of benzene rings is 1. The summed E-state index contributed by atoms with van der Waals surface area (Å²) in [4.78, 5) is 65.2. The molecule has 0 unspecified atom stereocenters. The van der Waals surface area contributed by atoms with E-state index < -0.39 is 59.8 Å². The number of allylic oxidation sites excluding steroid dienone is 4. The van der Waals surface area contributed by atoms with Crippen LogP contribution in [0.2, 0.25) is 0 Å². The number of hydrogen-bond acceptors (Lipinski definition) is 10. The molecule has 1 heterocycles. The lowest BCUT2D eigenvalue weighted by molar-refractivity contribution is -0.120. The van der Waals surface area contributed by atoms with Gasteiger partial charge in [0, 0.05) is 42.9 Å². The molecule has 0 aromatic heterocycles. The molecule has 6 atom stereocenters. The quantitative estimate of drug-likeness (QED) is 0.230. The Balaban J connectivity index is 2.09. The number of primary amides is 1. The monoisotopic (exact) mass is 665 g/mol. The number of ether oxygens (including phenoxy) is 3. The van der Waals surface area contributed by atoms with Crippen LogP contribution in [0, 0.1) is 11.8 Å². The fourth-order valence-corrected chi connectivity index (χ4v) is 5.52. The highest BCUT2D eigenvalue weighted by Crippen LogP contribution is 2.29. The summed E-state index contributed by atoms with van der Waals surface area (Å²) >= 11 is 0. The number of hydrogen-bond donors (Lipinski definition) is 5. The largest absolute Gasteiger partial charge is 0.508 e. The van der Waals surface area contributed by atoms with Gasteiger partial charge in [0.15, 0.2) is 6.10 Å². The maximum Gasteiger partial charge on any atom is 0.405 e. The third-order valence-electron chi connectivity index (χ3n) is 8.16. The van der Waals surface area contributed by atoms with Crippen molar-refractivity contribution >= 4 is 29.5 Å². The van der Waals surface area contributed by atoms with Crippen LogP contribution < -0.4 is 16.4 Å². The van der Waals surface area contributed by atoms with E-state index in [1.54, 1.807) is 32.9 Å². The Morgan fingerprint density at radius 2 is 1.71 bits per heavy atom. The van der Waals surface area contributed by atoms with Gasteiger partial charge in [0.05, 0.1) is 23.6 Å². The second kappa shape index (κ2) is 16.8. The highest BCUT2D eigenvalue weighted by Gasteiger charge is 2.34. The van der Waals surface area contributed by atoms with Gasteiger partial charge < -0.3 is 40.8 Å². The fraction of sp³-hybridized carbons (Fsp3) is 0.400. The van der Waals surface area contributed by atoms with Crippen LogP contribution in [0.25, 0.3) is 0 Å². The molecule has 13 heteroatoms. The molecule has 1 aromatic rings. The van der Waals surface area contributed by atoms with E-state index in [1.807, 2.05) is 0 Å². The fourth-order valence-electron chi connectivity index (χ4n) is 5.52. The number of ketones is 2. The zero-order valence-electron chi connectivity index (χ0n) is 27.8. The number of nitrogens with one attached hydrogen (secondary N) is 2. The van der Waals surface area contributed by atoms with Gasteiger partial charge in [-0.1, -0.05) is 38.2 Å². The summed E-state index contributed by atoms with van der Waals surface area (Å²) in [5, 5.41) is 26.0. The molecule has 3 rings (SSSR count). The van der Waals surface area contributed by atoms with Crippen molar-refractivity contribution in [3.05, 3.63) is 88.3 Å². The van der Waals surface area contributed by atoms with E-state index in [2.05, 4.69) is 10.6 Å². The lowest BCUT2D eigenvalue weighted by Crippen LogP contribution is -2.38. The number of aliphatic hydroxyl groups excluding tert-OH is 1. The number of rotatable bonds is 5. The van der Waals surface area contributed by atoms with E-state index in [4.69, 9.17) is 19.9 Å². The minimum atomic E-state index is -1.05. The van der Waals surface area contributed by atoms with Gasteiger partial charge in [0.2, 0.25) is 11.6 Å². The molecule has 48 heavy (non-hydrogen) atoms. The average Bonchev–Trinajstić information content (AvgIpc) is 3.04. The molecule has 0 saturated heterocycles. The third kappa shape index (κ3) is 9.59. The predicted octanol–water partition coefficient (Wildman–Crippen LogP) is 2.90. The van der Waals surface area contributed by atoms with Gasteiger partial charge >= 0.3 is 6.09 Å². The molecule has 0 radical (unpaired) electrons. The second-order valence-corrected chi connectivity index (χ2v) is 11.9. The van der Waals surface area contributed by atoms with E-state index in [9.17, 15) is 34.2 Å². The van der Waals surface area contributed by atoms with Crippen molar-refractivity contribution in [1.82, 2.24) is 10.6 Å². The normalized spacial score (nSPS) is 29.1. The Bertz CT molecular complexity index is 1570. The first-order chi connectivity index (χ1) is 22.7. The minimum Gasteiger partial charge on any atom is -0.508 e. The Kier molecular flexibility index (Phi) is 13.2. The number of aliphatic hydroxyl groups is 1. The van der Waals surface area contributed by atoms with E-state index in [0.29, 0.717) is 5.57 Å². The molecular formula is C35H43N3O10. The van der Waals surface area contributed by atoms with Gasteiger partial charge in [0.25, 0.3) is 11.8 Å². The van der Waals surface area contributed by atoms with Crippen LogP contribution >= 0.6 is 0 Å². The Hall–Kier alpha value is -4.85. The summed E-state index contributed by atoms with van der Waals surface area (Å²) in [5.41, 5.74) is 5.66. The zero-order valence-corrected chi connectivity index (χ0v) is 27.8. The number of aromatic hydroxyl groups is 1. The zero-order chi connectivity index (χ0) is 35.7. The number of phenolic OH excluding ortho intramolecular Hbond substituents is 1. The summed E-state index contributed by atoms with van der Waals surface area (Å²) < 4.78 is 16.6. The van der Waals surface area contributed by atoms with Gasteiger partial charge in [-0.2, -0.15) is 0 Å². The number of amides is 3. The molecule has 258 valence electrons. The third-order valence-corrected chi connectivity index (χ3v) is 8.16. The SMILES string of the molecule is CO[C@@H]1/C=C\C=C(\C)C(=O)NC2=CC(=O)C(NC(=O)c3ccc(O)cc3)=C(C[C@@H](C)C[C@@H](OC)[C@@H](O)[C@@H](C)/C=C(/C)[C@H]1OC(N)=O)C2=O. The van der Waals surface area contributed by atoms with Crippen molar-refractivity contribution in [1.29, 1.82) is 0 Å². The first kappa shape index (κ1) is 37.6. The van der Waals surface area contributed by atoms with Gasteiger partial charge in [-0.05, 0) is 62.4 Å². The van der Waals surface area contributed by atoms with Crippen LogP contribution in [0.4, 0.5) is 4.79 Å². The number of fused-ring (bicyclic) bond motifs is 2. The first-order valence-corrected chi connectivity index (χ1v) is 15.3. The van der Waals surface area contributed by atoms with Crippen molar-refractivity contribution < 1.29 is 48.4 Å². The predicted molar refractivity (Wildman–Crippen MR) is 175 cm³/mol. The average molecular weight is 666 g/mol. The molecule has 1 aliphatic carbocycles. The summed E-state index contributed by atoms with van der Waals surface area (Å²) in [6, 6.07) is 5.36. The number of carbonyl (C=O) groups is 5. The second-order valence-electron chi connectivity index (χ2n) is 11.9. The van der Waals surface area contributed by atoms with E-state index in [0.717, 1.165) is 6.08 Å². The van der Waals surface area contributed by atoms with Crippen molar-refractivity contribution in [3.63, 3.8) is 0 Å². The smallest absolute Gasteiger partial charge is 0.405 e. The van der Waals surface area contributed by atoms with Gasteiger partial charge in [-0.15, -0.1) is 0 Å². The molecule has 1 aliphatic heterocycles. The standard InChI is InChI=1S/C35H43N3O10/c1-18-14-24-29(38-34(44)22-10-12-23(39)13-11-22)26(40)17-25(31(24)42)37-33(43)19(2)8-7-9-27(46-5)32(48-35(36)45)21(4)16-20(3)30(41)28(15-18)47-6/h7-13,16-18,20,27-28,30,32,39,41H,14-15H2,1-6H3,(H2,36,45)(H,37,43)(H,38,44)/b9-7-,19-8-,21-16-/t18-,20+,27-,28-,30+,32-/m1/s1. The first-order valence-electron chi connectivity index (χ1n) is 15.3. The lowest BCUT2D eigenvalue weighted by Gasteiger charge is -2.30. The van der Waals surface area contributed by atoms with Crippen molar-refractivity contribution in [3.8, 4) is 5.75 Å². The number of phenols is 1. The summed E-state index contributed by atoms with van der Waals surface area (Å²) in [6.45, 7) is 6.76. The molecule has 3 amide bonds. The maximum absolute atomic E-state index is 13.8. The summed E-state index contributed by atoms with van der Waals surface area (Å²) in [5.74, 6) is -3.65. The Morgan fingerprint density at radius 1 is 1.04 bits per heavy atom. The topological polar surface area (TPSA) is 204 Å². The number of Topliss-reactive ketones (excluding diaryl/α,β-unsaturated/α-hetero) is 1. The van der Waals surface area contributed by atoms with Crippen molar-refractivity contribution in [2.24, 2.45) is 17.6 Å². The molecule has 13 nitrogen and oxygen atoms in total. The number of nitrogens with two attached hydrogens (primary N) is 1. The van der Waals surface area contributed by atoms with Crippen LogP contribution in [-0.4, -0.2) is 78.3 Å². The van der Waals surface area contributed by atoms with Gasteiger partial charge in [0.1, 0.15) is 11.9 Å². The van der Waals surface area contributed by atoms with E-state index in [-0.39, 0.29) is 52.6 Å². The molecule has 6 N–H and O–H groups in total.